The molecule has 1 aromatic heterocycles. The van der Waals surface area contributed by atoms with Crippen molar-refractivity contribution in [1.82, 2.24) is 0 Å². The van der Waals surface area contributed by atoms with E-state index in [-0.39, 0.29) is 10.7 Å². The summed E-state index contributed by atoms with van der Waals surface area (Å²) in [6.07, 6.45) is 0. The third kappa shape index (κ3) is 3.12. The van der Waals surface area contributed by atoms with Gasteiger partial charge >= 0.3 is 0 Å². The number of nitrogens with one attached hydrogen (secondary N) is 1. The summed E-state index contributed by atoms with van der Waals surface area (Å²) in [5.74, 6) is 0.406. The van der Waals surface area contributed by atoms with E-state index in [4.69, 9.17) is 4.42 Å². The Kier molecular flexibility index (Phi) is 4.40. The fraction of sp³-hybridized carbons (Fsp3) is 0.250. The zero-order valence-electron chi connectivity index (χ0n) is 15.4. The first-order valence-electron chi connectivity index (χ1n) is 8.25. The molecule has 1 heterocycles. The molecule has 3 aromatic rings. The van der Waals surface area contributed by atoms with Crippen LogP contribution in [0.25, 0.3) is 11.0 Å². The average molecular weight is 371 g/mol. The lowest BCUT2D eigenvalue weighted by atomic mass is 10.1. The minimum atomic E-state index is -3.74. The van der Waals surface area contributed by atoms with Gasteiger partial charge in [-0.05, 0) is 75.6 Å². The van der Waals surface area contributed by atoms with Gasteiger partial charge in [-0.25, -0.2) is 8.42 Å². The van der Waals surface area contributed by atoms with Crippen molar-refractivity contribution in [2.75, 3.05) is 4.72 Å². The van der Waals surface area contributed by atoms with E-state index in [1.54, 1.807) is 38.1 Å². The second-order valence-electron chi connectivity index (χ2n) is 6.61. The van der Waals surface area contributed by atoms with Gasteiger partial charge in [-0.3, -0.25) is 9.52 Å². The normalized spacial score (nSPS) is 11.7. The Bertz CT molecular complexity index is 1140. The van der Waals surface area contributed by atoms with E-state index in [9.17, 15) is 13.2 Å². The number of carbonyl (C=O) groups excluding carboxylic acids is 1. The quantitative estimate of drug-likeness (QED) is 0.676. The monoisotopic (exact) mass is 371 g/mol. The molecule has 5 nitrogen and oxygen atoms in total. The second kappa shape index (κ2) is 6.29. The molecular weight excluding hydrogens is 350 g/mol. The van der Waals surface area contributed by atoms with E-state index in [1.165, 1.54) is 6.92 Å². The maximum Gasteiger partial charge on any atom is 0.262 e. The fourth-order valence-electron chi connectivity index (χ4n) is 3.15. The van der Waals surface area contributed by atoms with Gasteiger partial charge < -0.3 is 4.42 Å². The van der Waals surface area contributed by atoms with Crippen molar-refractivity contribution < 1.29 is 17.6 Å². The Morgan fingerprint density at radius 3 is 2.27 bits per heavy atom. The standard InChI is InChI=1S/C20H21NO4S/c1-11-8-13(3)19(9-12(11)2)26(23,24)21-16-6-7-18-17(10-16)20(14(4)22)15(5)25-18/h6-10,21H,1-5H3. The molecule has 6 heteroatoms. The van der Waals surface area contributed by atoms with Gasteiger partial charge in [0.15, 0.2) is 5.78 Å². The van der Waals surface area contributed by atoms with Crippen molar-refractivity contribution in [3.63, 3.8) is 0 Å². The maximum atomic E-state index is 12.8. The summed E-state index contributed by atoms with van der Waals surface area (Å²) in [7, 11) is -3.74. The third-order valence-electron chi connectivity index (χ3n) is 4.55. The molecule has 2 aromatic carbocycles. The molecule has 0 aliphatic heterocycles. The van der Waals surface area contributed by atoms with Crippen molar-refractivity contribution in [2.45, 2.75) is 39.5 Å². The van der Waals surface area contributed by atoms with Crippen LogP contribution >= 0.6 is 0 Å². The summed E-state index contributed by atoms with van der Waals surface area (Å²) in [5, 5.41) is 0.604. The van der Waals surface area contributed by atoms with Crippen LogP contribution in [0.4, 0.5) is 5.69 Å². The first-order valence-corrected chi connectivity index (χ1v) is 9.73. The van der Waals surface area contributed by atoms with Gasteiger partial charge in [0, 0.05) is 11.1 Å². The highest BCUT2D eigenvalue weighted by Crippen LogP contribution is 2.30. The van der Waals surface area contributed by atoms with Gasteiger partial charge in [-0.2, -0.15) is 0 Å². The molecule has 0 amide bonds. The fourth-order valence-corrected chi connectivity index (χ4v) is 4.52. The van der Waals surface area contributed by atoms with E-state index in [0.717, 1.165) is 11.1 Å². The minimum Gasteiger partial charge on any atom is -0.461 e. The summed E-state index contributed by atoms with van der Waals surface area (Å²) in [6, 6.07) is 8.47. The molecule has 0 aliphatic carbocycles. The lowest BCUT2D eigenvalue weighted by Crippen LogP contribution is -2.14. The molecule has 0 unspecified atom stereocenters. The molecular formula is C20H21NO4S. The lowest BCUT2D eigenvalue weighted by Gasteiger charge is -2.13. The van der Waals surface area contributed by atoms with E-state index >= 15 is 0 Å². The number of benzene rings is 2. The van der Waals surface area contributed by atoms with Gasteiger partial charge in [0.1, 0.15) is 11.3 Å². The topological polar surface area (TPSA) is 76.4 Å². The number of ketones is 1. The molecule has 136 valence electrons. The van der Waals surface area contributed by atoms with Crippen LogP contribution in [0.1, 0.15) is 39.7 Å². The molecule has 0 spiro atoms. The van der Waals surface area contributed by atoms with Gasteiger partial charge in [0.05, 0.1) is 10.5 Å². The Morgan fingerprint density at radius 1 is 0.962 bits per heavy atom. The first-order chi connectivity index (χ1) is 12.1. The molecule has 3 rings (SSSR count). The number of furan rings is 1. The number of sulfonamides is 1. The number of hydrogen-bond acceptors (Lipinski definition) is 4. The molecule has 0 aliphatic rings. The molecule has 0 atom stereocenters. The van der Waals surface area contributed by atoms with Crippen molar-refractivity contribution in [3.05, 3.63) is 58.3 Å². The highest BCUT2D eigenvalue weighted by Gasteiger charge is 2.20. The second-order valence-corrected chi connectivity index (χ2v) is 8.26. The van der Waals surface area contributed by atoms with Gasteiger partial charge in [0.2, 0.25) is 0 Å². The van der Waals surface area contributed by atoms with Crippen molar-refractivity contribution in [1.29, 1.82) is 0 Å². The zero-order chi connectivity index (χ0) is 19.2. The SMILES string of the molecule is CC(=O)c1c(C)oc2ccc(NS(=O)(=O)c3cc(C)c(C)cc3C)cc12. The Labute approximate surface area is 153 Å². The Balaban J connectivity index is 2.07. The van der Waals surface area contributed by atoms with Gasteiger partial charge in [-0.1, -0.05) is 6.07 Å². The number of anilines is 1. The predicted octanol–water partition coefficient (Wildman–Crippen LogP) is 4.67. The minimum absolute atomic E-state index is 0.119. The summed E-state index contributed by atoms with van der Waals surface area (Å²) < 4.78 is 33.9. The van der Waals surface area contributed by atoms with E-state index in [1.807, 2.05) is 19.9 Å². The smallest absolute Gasteiger partial charge is 0.262 e. The van der Waals surface area contributed by atoms with Gasteiger partial charge in [-0.15, -0.1) is 0 Å². The highest BCUT2D eigenvalue weighted by atomic mass is 32.2. The number of fused-ring (bicyclic) bond motifs is 1. The molecule has 0 bridgehead atoms. The summed E-state index contributed by atoms with van der Waals surface area (Å²) in [4.78, 5) is 12.1. The highest BCUT2D eigenvalue weighted by molar-refractivity contribution is 7.92. The molecule has 0 saturated carbocycles. The number of rotatable bonds is 4. The van der Waals surface area contributed by atoms with Crippen LogP contribution in [-0.4, -0.2) is 14.2 Å². The zero-order valence-corrected chi connectivity index (χ0v) is 16.2. The van der Waals surface area contributed by atoms with Crippen LogP contribution < -0.4 is 4.72 Å². The van der Waals surface area contributed by atoms with E-state index in [0.29, 0.717) is 33.5 Å². The lowest BCUT2D eigenvalue weighted by molar-refractivity contribution is 0.101. The Morgan fingerprint density at radius 2 is 1.62 bits per heavy atom. The van der Waals surface area contributed by atoms with Crippen molar-refractivity contribution in [2.24, 2.45) is 0 Å². The largest absolute Gasteiger partial charge is 0.461 e. The molecule has 0 radical (unpaired) electrons. The van der Waals surface area contributed by atoms with Crippen LogP contribution in [0, 0.1) is 27.7 Å². The van der Waals surface area contributed by atoms with E-state index < -0.39 is 10.0 Å². The molecule has 0 fully saturated rings. The van der Waals surface area contributed by atoms with Crippen molar-refractivity contribution in [3.8, 4) is 0 Å². The number of aryl methyl sites for hydroxylation is 4. The predicted molar refractivity (Wildman–Crippen MR) is 102 cm³/mol. The maximum absolute atomic E-state index is 12.8. The van der Waals surface area contributed by atoms with Crippen LogP contribution in [0.2, 0.25) is 0 Å². The van der Waals surface area contributed by atoms with Crippen LogP contribution in [0.15, 0.2) is 39.6 Å². The van der Waals surface area contributed by atoms with Crippen LogP contribution in [0.5, 0.6) is 0 Å². The first kappa shape index (κ1) is 18.2. The number of Topliss-reactive ketones (excluding diaryl/α,β-unsaturated/α-hetero) is 1. The van der Waals surface area contributed by atoms with Gasteiger partial charge in [0.25, 0.3) is 10.0 Å². The average Bonchev–Trinajstić information content (AvgIpc) is 2.85. The molecule has 26 heavy (non-hydrogen) atoms. The summed E-state index contributed by atoms with van der Waals surface area (Å²) in [6.45, 7) is 8.79. The number of carbonyl (C=O) groups is 1. The van der Waals surface area contributed by atoms with Crippen molar-refractivity contribution >= 4 is 32.5 Å². The molecule has 0 saturated heterocycles. The van der Waals surface area contributed by atoms with Crippen LogP contribution in [-0.2, 0) is 10.0 Å². The number of hydrogen-bond donors (Lipinski definition) is 1. The summed E-state index contributed by atoms with van der Waals surface area (Å²) >= 11 is 0. The summed E-state index contributed by atoms with van der Waals surface area (Å²) in [5.41, 5.74) is 4.06. The Hall–Kier alpha value is -2.60. The van der Waals surface area contributed by atoms with E-state index in [2.05, 4.69) is 4.72 Å². The third-order valence-corrected chi connectivity index (χ3v) is 6.07. The molecule has 1 N–H and O–H groups in total. The van der Waals surface area contributed by atoms with Crippen LogP contribution in [0.3, 0.4) is 0 Å².